The Morgan fingerprint density at radius 3 is 2.38 bits per heavy atom. The van der Waals surface area contributed by atoms with Crippen LogP contribution in [-0.2, 0) is 14.3 Å². The Kier molecular flexibility index (Phi) is 3.19. The lowest BCUT2D eigenvalue weighted by molar-refractivity contribution is -0.149. The Labute approximate surface area is 93.0 Å². The van der Waals surface area contributed by atoms with Gasteiger partial charge < -0.3 is 14.9 Å². The average Bonchev–Trinajstić information content (AvgIpc) is 2.16. The van der Waals surface area contributed by atoms with E-state index in [-0.39, 0.29) is 5.57 Å². The lowest BCUT2D eigenvalue weighted by Crippen LogP contribution is -2.46. The molecule has 1 aliphatic carbocycles. The molecule has 1 rings (SSSR count). The Bertz CT molecular complexity index is 393. The van der Waals surface area contributed by atoms with Crippen LogP contribution in [0, 0.1) is 5.92 Å². The van der Waals surface area contributed by atoms with Gasteiger partial charge in [-0.15, -0.1) is 0 Å². The molecule has 5 nitrogen and oxygen atoms in total. The number of methoxy groups -OCH3 is 1. The van der Waals surface area contributed by atoms with Gasteiger partial charge in [0.1, 0.15) is 11.5 Å². The summed E-state index contributed by atoms with van der Waals surface area (Å²) < 4.78 is 5.13. The molecule has 5 heteroatoms. The fraction of sp³-hybridized carbons (Fsp3) is 0.455. The summed E-state index contributed by atoms with van der Waals surface area (Å²) in [5, 5.41) is 18.2. The van der Waals surface area contributed by atoms with Crippen LogP contribution in [0.4, 0.5) is 0 Å². The van der Waals surface area contributed by atoms with Crippen molar-refractivity contribution in [3.63, 3.8) is 0 Å². The van der Waals surface area contributed by atoms with Crippen LogP contribution in [0.3, 0.4) is 0 Å². The first-order valence-corrected chi connectivity index (χ1v) is 4.75. The summed E-state index contributed by atoms with van der Waals surface area (Å²) in [6, 6.07) is 0. The zero-order valence-electron chi connectivity index (χ0n) is 9.35. The van der Waals surface area contributed by atoms with E-state index in [2.05, 4.69) is 0 Å². The van der Waals surface area contributed by atoms with Crippen molar-refractivity contribution in [2.24, 2.45) is 5.92 Å². The van der Waals surface area contributed by atoms with Crippen LogP contribution in [0.15, 0.2) is 23.3 Å². The maximum atomic E-state index is 11.1. The molecular weight excluding hydrogens is 212 g/mol. The highest BCUT2D eigenvalue weighted by atomic mass is 16.5. The van der Waals surface area contributed by atoms with E-state index in [0.29, 0.717) is 5.57 Å². The number of hydrogen-bond acceptors (Lipinski definition) is 3. The van der Waals surface area contributed by atoms with Gasteiger partial charge in [0.05, 0.1) is 5.57 Å². The van der Waals surface area contributed by atoms with Crippen molar-refractivity contribution in [2.45, 2.75) is 19.4 Å². The number of carbonyl (C=O) groups is 2. The van der Waals surface area contributed by atoms with Gasteiger partial charge in [-0.1, -0.05) is 12.2 Å². The highest BCUT2D eigenvalue weighted by Gasteiger charge is 2.46. The molecule has 16 heavy (non-hydrogen) atoms. The molecule has 0 aromatic carbocycles. The van der Waals surface area contributed by atoms with Crippen LogP contribution in [0.1, 0.15) is 13.8 Å². The Morgan fingerprint density at radius 2 is 2.00 bits per heavy atom. The Balaban J connectivity index is 3.36. The molecule has 0 fully saturated rings. The first-order chi connectivity index (χ1) is 7.34. The SMILES string of the molecule is COC1(C)C(C(=O)O)=C(C)C=CC1C(=O)O. The van der Waals surface area contributed by atoms with Gasteiger partial charge in [0, 0.05) is 7.11 Å². The van der Waals surface area contributed by atoms with Gasteiger partial charge in [-0.2, -0.15) is 0 Å². The zero-order chi connectivity index (χ0) is 12.5. The minimum Gasteiger partial charge on any atom is -0.481 e. The third-order valence-corrected chi connectivity index (χ3v) is 2.93. The van der Waals surface area contributed by atoms with Crippen LogP contribution in [0.5, 0.6) is 0 Å². The van der Waals surface area contributed by atoms with Gasteiger partial charge in [0.15, 0.2) is 0 Å². The molecule has 2 atom stereocenters. The maximum Gasteiger partial charge on any atom is 0.334 e. The number of rotatable bonds is 3. The summed E-state index contributed by atoms with van der Waals surface area (Å²) in [5.74, 6) is -3.25. The second-order valence-corrected chi connectivity index (χ2v) is 3.85. The molecule has 0 aliphatic heterocycles. The first-order valence-electron chi connectivity index (χ1n) is 4.75. The number of carboxylic acids is 2. The van der Waals surface area contributed by atoms with Crippen molar-refractivity contribution < 1.29 is 24.5 Å². The minimum absolute atomic E-state index is 0.00935. The van der Waals surface area contributed by atoms with Crippen LogP contribution in [0.2, 0.25) is 0 Å². The fourth-order valence-corrected chi connectivity index (χ4v) is 1.98. The van der Waals surface area contributed by atoms with E-state index in [1.807, 2.05) is 0 Å². The normalized spacial score (nSPS) is 29.3. The standard InChI is InChI=1S/C11H14O5/c1-6-4-5-7(9(12)13)11(2,16-3)8(6)10(14)15/h4-5,7H,1-3H3,(H,12,13)(H,14,15). The molecule has 1 aliphatic rings. The molecular formula is C11H14O5. The summed E-state index contributed by atoms with van der Waals surface area (Å²) in [5.41, 5.74) is -0.837. The largest absolute Gasteiger partial charge is 0.481 e. The molecule has 0 saturated heterocycles. The van der Waals surface area contributed by atoms with Gasteiger partial charge in [-0.25, -0.2) is 4.79 Å². The lowest BCUT2D eigenvalue weighted by Gasteiger charge is -2.36. The van der Waals surface area contributed by atoms with E-state index in [1.54, 1.807) is 6.92 Å². The summed E-state index contributed by atoms with van der Waals surface area (Å²) in [6.07, 6.45) is 2.95. The molecule has 0 saturated carbocycles. The third kappa shape index (κ3) is 1.74. The molecule has 0 aromatic rings. The van der Waals surface area contributed by atoms with E-state index in [1.165, 1.54) is 26.2 Å². The molecule has 0 heterocycles. The van der Waals surface area contributed by atoms with Crippen molar-refractivity contribution >= 4 is 11.9 Å². The average molecular weight is 226 g/mol. The molecule has 0 amide bonds. The number of allylic oxidation sites excluding steroid dienone is 2. The lowest BCUT2D eigenvalue weighted by atomic mass is 9.76. The monoisotopic (exact) mass is 226 g/mol. The van der Waals surface area contributed by atoms with E-state index < -0.39 is 23.5 Å². The molecule has 0 aromatic heterocycles. The topological polar surface area (TPSA) is 83.8 Å². The van der Waals surface area contributed by atoms with Crippen molar-refractivity contribution in [2.75, 3.05) is 7.11 Å². The summed E-state index contributed by atoms with van der Waals surface area (Å²) >= 11 is 0. The third-order valence-electron chi connectivity index (χ3n) is 2.93. The molecule has 2 N–H and O–H groups in total. The second kappa shape index (κ2) is 4.09. The molecule has 88 valence electrons. The Morgan fingerprint density at radius 1 is 1.44 bits per heavy atom. The van der Waals surface area contributed by atoms with Crippen molar-refractivity contribution in [1.29, 1.82) is 0 Å². The van der Waals surface area contributed by atoms with Crippen LogP contribution >= 0.6 is 0 Å². The molecule has 0 radical (unpaired) electrons. The second-order valence-electron chi connectivity index (χ2n) is 3.85. The number of hydrogen-bond donors (Lipinski definition) is 2. The highest BCUT2D eigenvalue weighted by Crippen LogP contribution is 2.36. The van der Waals surface area contributed by atoms with E-state index in [4.69, 9.17) is 14.9 Å². The maximum absolute atomic E-state index is 11.1. The highest BCUT2D eigenvalue weighted by molar-refractivity contribution is 5.93. The van der Waals surface area contributed by atoms with E-state index in [9.17, 15) is 9.59 Å². The van der Waals surface area contributed by atoms with E-state index in [0.717, 1.165) is 0 Å². The zero-order valence-corrected chi connectivity index (χ0v) is 9.35. The smallest absolute Gasteiger partial charge is 0.334 e. The van der Waals surface area contributed by atoms with E-state index >= 15 is 0 Å². The summed E-state index contributed by atoms with van der Waals surface area (Å²) in [4.78, 5) is 22.2. The number of carboxylic acid groups (broad SMARTS) is 2. The van der Waals surface area contributed by atoms with Crippen LogP contribution < -0.4 is 0 Å². The van der Waals surface area contributed by atoms with Crippen molar-refractivity contribution in [3.8, 4) is 0 Å². The number of aliphatic carboxylic acids is 2. The van der Waals surface area contributed by atoms with Crippen molar-refractivity contribution in [1.82, 2.24) is 0 Å². The van der Waals surface area contributed by atoms with Crippen LogP contribution in [-0.4, -0.2) is 34.9 Å². The predicted octanol–water partition coefficient (Wildman–Crippen LogP) is 1.06. The first kappa shape index (κ1) is 12.4. The van der Waals surface area contributed by atoms with Crippen LogP contribution in [0.25, 0.3) is 0 Å². The van der Waals surface area contributed by atoms with Gasteiger partial charge in [0.25, 0.3) is 0 Å². The molecule has 2 unspecified atom stereocenters. The summed E-state index contributed by atoms with van der Waals surface area (Å²) in [6.45, 7) is 3.09. The van der Waals surface area contributed by atoms with Gasteiger partial charge in [-0.05, 0) is 19.4 Å². The minimum atomic E-state index is -1.34. The quantitative estimate of drug-likeness (QED) is 0.751. The predicted molar refractivity (Wildman–Crippen MR) is 56.0 cm³/mol. The van der Waals surface area contributed by atoms with Gasteiger partial charge in [-0.3, -0.25) is 4.79 Å². The van der Waals surface area contributed by atoms with Gasteiger partial charge in [0.2, 0.25) is 0 Å². The summed E-state index contributed by atoms with van der Waals surface area (Å²) in [7, 11) is 1.31. The van der Waals surface area contributed by atoms with Crippen molar-refractivity contribution in [3.05, 3.63) is 23.3 Å². The molecule has 0 bridgehead atoms. The Hall–Kier alpha value is -1.62. The van der Waals surface area contributed by atoms with Gasteiger partial charge >= 0.3 is 11.9 Å². The number of ether oxygens (including phenoxy) is 1. The molecule has 0 spiro atoms. The fourth-order valence-electron chi connectivity index (χ4n) is 1.98.